The highest BCUT2D eigenvalue weighted by molar-refractivity contribution is 7.71. The Hall–Kier alpha value is -2.24. The van der Waals surface area contributed by atoms with E-state index in [0.717, 1.165) is 11.1 Å². The molecule has 3 nitrogen and oxygen atoms in total. The monoisotopic (exact) mass is 331 g/mol. The lowest BCUT2D eigenvalue weighted by molar-refractivity contribution is 0.628. The number of H-pyrrole nitrogens is 1. The van der Waals surface area contributed by atoms with Crippen molar-refractivity contribution in [2.45, 2.75) is 0 Å². The van der Waals surface area contributed by atoms with Gasteiger partial charge >= 0.3 is 0 Å². The van der Waals surface area contributed by atoms with E-state index < -0.39 is 0 Å². The number of hydrogen-bond acceptors (Lipinski definition) is 3. The van der Waals surface area contributed by atoms with Crippen molar-refractivity contribution in [3.05, 3.63) is 64.1 Å². The first kappa shape index (κ1) is 14.7. The van der Waals surface area contributed by atoms with Crippen LogP contribution in [0.25, 0.3) is 22.5 Å². The normalized spacial score (nSPS) is 10.6. The molecule has 0 aliphatic heterocycles. The van der Waals surface area contributed by atoms with Crippen LogP contribution in [0.4, 0.5) is 10.1 Å². The summed E-state index contributed by atoms with van der Waals surface area (Å²) in [5, 5.41) is 0.627. The molecule has 22 heavy (non-hydrogen) atoms. The average molecular weight is 332 g/mol. The maximum atomic E-state index is 13.1. The predicted octanol–water partition coefficient (Wildman–Crippen LogP) is 4.85. The number of nitrogens with zero attached hydrogens (tertiary/aromatic N) is 1. The number of nitrogen functional groups attached to an aromatic ring is 1. The molecule has 0 bridgehead atoms. The zero-order chi connectivity index (χ0) is 15.7. The van der Waals surface area contributed by atoms with Gasteiger partial charge in [-0.25, -0.2) is 9.37 Å². The van der Waals surface area contributed by atoms with E-state index in [2.05, 4.69) is 9.97 Å². The summed E-state index contributed by atoms with van der Waals surface area (Å²) < 4.78 is 13.4. The number of aromatic nitrogens is 2. The van der Waals surface area contributed by atoms with Crippen LogP contribution in [0.5, 0.6) is 0 Å². The van der Waals surface area contributed by atoms with Gasteiger partial charge in [-0.15, -0.1) is 0 Å². The minimum Gasteiger partial charge on any atom is -0.395 e. The number of aromatic amines is 1. The number of rotatable bonds is 2. The fourth-order valence-corrected chi connectivity index (χ4v) is 2.47. The van der Waals surface area contributed by atoms with E-state index in [0.29, 0.717) is 26.9 Å². The first-order valence-electron chi connectivity index (χ1n) is 6.46. The molecule has 2 aromatic carbocycles. The SMILES string of the molecule is Nc1c(-c2ccc(Cl)cc2)nc(=S)[nH]c1-c1ccc(F)cc1. The Morgan fingerprint density at radius 1 is 1.00 bits per heavy atom. The highest BCUT2D eigenvalue weighted by Crippen LogP contribution is 2.32. The Labute approximate surface area is 136 Å². The van der Waals surface area contributed by atoms with E-state index in [1.54, 1.807) is 24.3 Å². The Kier molecular flexibility index (Phi) is 3.92. The highest BCUT2D eigenvalue weighted by atomic mass is 35.5. The van der Waals surface area contributed by atoms with Gasteiger partial charge in [0.2, 0.25) is 0 Å². The van der Waals surface area contributed by atoms with Crippen LogP contribution in [0.15, 0.2) is 48.5 Å². The van der Waals surface area contributed by atoms with Gasteiger partial charge in [0.05, 0.1) is 17.1 Å². The van der Waals surface area contributed by atoms with E-state index in [4.69, 9.17) is 29.6 Å². The lowest BCUT2D eigenvalue weighted by Crippen LogP contribution is -2.00. The molecule has 3 aromatic rings. The molecule has 0 saturated heterocycles. The Morgan fingerprint density at radius 2 is 1.59 bits per heavy atom. The molecular formula is C16H11ClFN3S. The highest BCUT2D eigenvalue weighted by Gasteiger charge is 2.12. The van der Waals surface area contributed by atoms with Crippen LogP contribution in [0.1, 0.15) is 0 Å². The van der Waals surface area contributed by atoms with Gasteiger partial charge in [-0.1, -0.05) is 23.7 Å². The number of hydrogen-bond donors (Lipinski definition) is 2. The average Bonchev–Trinajstić information content (AvgIpc) is 2.51. The summed E-state index contributed by atoms with van der Waals surface area (Å²) in [5.74, 6) is -0.312. The lowest BCUT2D eigenvalue weighted by Gasteiger charge is -2.11. The van der Waals surface area contributed by atoms with Gasteiger partial charge in [0, 0.05) is 16.1 Å². The smallest absolute Gasteiger partial charge is 0.197 e. The molecule has 0 fully saturated rings. The molecular weight excluding hydrogens is 321 g/mol. The van der Waals surface area contributed by atoms with Gasteiger partial charge < -0.3 is 10.7 Å². The third-order valence-electron chi connectivity index (χ3n) is 3.22. The number of nitrogens with one attached hydrogen (secondary N) is 1. The van der Waals surface area contributed by atoms with E-state index >= 15 is 0 Å². The molecule has 1 aromatic heterocycles. The summed E-state index contributed by atoms with van der Waals surface area (Å²) in [6.07, 6.45) is 0. The van der Waals surface area contributed by atoms with Gasteiger partial charge in [-0.05, 0) is 48.6 Å². The quantitative estimate of drug-likeness (QED) is 0.660. The summed E-state index contributed by atoms with van der Waals surface area (Å²) in [5.41, 5.74) is 9.41. The maximum Gasteiger partial charge on any atom is 0.197 e. The van der Waals surface area contributed by atoms with Crippen LogP contribution in [-0.4, -0.2) is 9.97 Å². The molecule has 0 radical (unpaired) electrons. The largest absolute Gasteiger partial charge is 0.395 e. The van der Waals surface area contributed by atoms with Crippen LogP contribution in [0, 0.1) is 10.6 Å². The Balaban J connectivity index is 2.19. The second-order valence-electron chi connectivity index (χ2n) is 4.69. The second kappa shape index (κ2) is 5.87. The van der Waals surface area contributed by atoms with Gasteiger partial charge in [0.25, 0.3) is 0 Å². The zero-order valence-corrected chi connectivity index (χ0v) is 12.9. The zero-order valence-electron chi connectivity index (χ0n) is 11.3. The van der Waals surface area contributed by atoms with Crippen molar-refractivity contribution in [3.8, 4) is 22.5 Å². The lowest BCUT2D eigenvalue weighted by atomic mass is 10.1. The molecule has 0 amide bonds. The Bertz CT molecular complexity index is 804. The minimum atomic E-state index is -0.312. The number of benzene rings is 2. The van der Waals surface area contributed by atoms with Gasteiger partial charge in [0.1, 0.15) is 5.82 Å². The summed E-state index contributed by atoms with van der Waals surface area (Å²) in [6.45, 7) is 0. The predicted molar refractivity (Wildman–Crippen MR) is 89.7 cm³/mol. The van der Waals surface area contributed by atoms with E-state index in [-0.39, 0.29) is 5.82 Å². The molecule has 3 rings (SSSR count). The number of anilines is 1. The minimum absolute atomic E-state index is 0.304. The van der Waals surface area contributed by atoms with Crippen LogP contribution in [0.2, 0.25) is 5.02 Å². The third kappa shape index (κ3) is 2.86. The molecule has 110 valence electrons. The van der Waals surface area contributed by atoms with Gasteiger partial charge in [0.15, 0.2) is 4.77 Å². The molecule has 0 aliphatic carbocycles. The second-order valence-corrected chi connectivity index (χ2v) is 5.52. The van der Waals surface area contributed by atoms with Crippen LogP contribution in [0.3, 0.4) is 0 Å². The molecule has 0 aliphatic rings. The van der Waals surface area contributed by atoms with Crippen LogP contribution < -0.4 is 5.73 Å². The molecule has 0 saturated carbocycles. The van der Waals surface area contributed by atoms with E-state index in [9.17, 15) is 4.39 Å². The summed E-state index contributed by atoms with van der Waals surface area (Å²) >= 11 is 11.1. The van der Waals surface area contributed by atoms with Crippen molar-refractivity contribution in [2.24, 2.45) is 0 Å². The van der Waals surface area contributed by atoms with Crippen molar-refractivity contribution < 1.29 is 4.39 Å². The molecule has 0 spiro atoms. The van der Waals surface area contributed by atoms with Gasteiger partial charge in [-0.2, -0.15) is 0 Å². The topological polar surface area (TPSA) is 54.7 Å². The van der Waals surface area contributed by atoms with E-state index in [1.807, 2.05) is 12.1 Å². The van der Waals surface area contributed by atoms with Gasteiger partial charge in [-0.3, -0.25) is 0 Å². The Morgan fingerprint density at radius 3 is 2.23 bits per heavy atom. The van der Waals surface area contributed by atoms with Crippen molar-refractivity contribution in [1.82, 2.24) is 9.97 Å². The third-order valence-corrected chi connectivity index (χ3v) is 3.67. The van der Waals surface area contributed by atoms with Crippen molar-refractivity contribution in [1.29, 1.82) is 0 Å². The van der Waals surface area contributed by atoms with E-state index in [1.165, 1.54) is 12.1 Å². The summed E-state index contributed by atoms with van der Waals surface area (Å²) in [4.78, 5) is 7.26. The van der Waals surface area contributed by atoms with Crippen molar-refractivity contribution in [2.75, 3.05) is 5.73 Å². The van der Waals surface area contributed by atoms with Crippen molar-refractivity contribution >= 4 is 29.5 Å². The summed E-state index contributed by atoms with van der Waals surface area (Å²) in [6, 6.07) is 13.2. The fourth-order valence-electron chi connectivity index (χ4n) is 2.15. The molecule has 1 heterocycles. The maximum absolute atomic E-state index is 13.1. The molecule has 3 N–H and O–H groups in total. The van der Waals surface area contributed by atoms with Crippen molar-refractivity contribution in [3.63, 3.8) is 0 Å². The standard InChI is InChI=1S/C16H11ClFN3S/c17-11-5-1-9(2-6-11)14-13(19)15(21-16(22)20-14)10-3-7-12(18)8-4-10/h1-8H,19H2,(H,20,21,22). The first-order valence-corrected chi connectivity index (χ1v) is 7.25. The molecule has 0 atom stereocenters. The molecule has 0 unspecified atom stereocenters. The molecule has 6 heteroatoms. The number of halogens is 2. The van der Waals surface area contributed by atoms with Crippen LogP contribution in [-0.2, 0) is 0 Å². The fraction of sp³-hybridized carbons (Fsp3) is 0. The summed E-state index contributed by atoms with van der Waals surface area (Å²) in [7, 11) is 0. The van der Waals surface area contributed by atoms with Crippen LogP contribution >= 0.6 is 23.8 Å². The number of nitrogens with two attached hydrogens (primary N) is 1. The first-order chi connectivity index (χ1) is 10.5.